The third-order valence-electron chi connectivity index (χ3n) is 1.06. The topological polar surface area (TPSA) is 35.5 Å². The van der Waals surface area contributed by atoms with Gasteiger partial charge in [0.15, 0.2) is 6.29 Å². The quantitative estimate of drug-likeness (QED) is 0.665. The van der Waals surface area contributed by atoms with Gasteiger partial charge in [0.25, 0.3) is 0 Å². The molecule has 0 spiro atoms. The van der Waals surface area contributed by atoms with E-state index in [0.29, 0.717) is 0 Å². The highest BCUT2D eigenvalue weighted by Gasteiger charge is 1.86. The fourth-order valence-corrected chi connectivity index (χ4v) is 0.647. The molecule has 0 bridgehead atoms. The molecule has 0 N–H and O–H groups in total. The maximum atomic E-state index is 9.85. The van der Waals surface area contributed by atoms with Crippen molar-refractivity contribution in [2.24, 2.45) is 0 Å². The summed E-state index contributed by atoms with van der Waals surface area (Å²) in [4.78, 5) is 9.85. The van der Waals surface area contributed by atoms with Gasteiger partial charge in [0.1, 0.15) is 12.4 Å². The fraction of sp³-hybridized carbons (Fsp3) is 0.300. The second-order valence-corrected chi connectivity index (χ2v) is 2.20. The average molecular weight is 182 g/mol. The number of hydrogen-bond donors (Lipinski definition) is 0. The molecule has 3 nitrogen and oxygen atoms in total. The summed E-state index contributed by atoms with van der Waals surface area (Å²) in [5, 5.41) is 0. The molecule has 0 atom stereocenters. The Hall–Kier alpha value is -1.35. The van der Waals surface area contributed by atoms with Crippen molar-refractivity contribution in [1.29, 1.82) is 0 Å². The van der Waals surface area contributed by atoms with Crippen LogP contribution in [-0.2, 0) is 9.53 Å². The first-order chi connectivity index (χ1) is 6.35. The van der Waals surface area contributed by atoms with Gasteiger partial charge in [0, 0.05) is 14.2 Å². The van der Waals surface area contributed by atoms with Crippen molar-refractivity contribution in [3.05, 3.63) is 30.3 Å². The van der Waals surface area contributed by atoms with Gasteiger partial charge in [-0.25, -0.2) is 0 Å². The van der Waals surface area contributed by atoms with Crippen LogP contribution in [0.1, 0.15) is 0 Å². The normalized spacial score (nSPS) is 8.15. The van der Waals surface area contributed by atoms with E-state index in [1.54, 1.807) is 14.2 Å². The molecule has 0 radical (unpaired) electrons. The standard InChI is InChI=1S/C8H8O2.C2H6O/c9-6-7-10-8-4-2-1-3-5-8;1-3-2/h1-6H,7H2;1-2H3. The number of para-hydroxylation sites is 1. The number of rotatable bonds is 3. The van der Waals surface area contributed by atoms with Gasteiger partial charge < -0.3 is 9.47 Å². The van der Waals surface area contributed by atoms with Gasteiger partial charge in [-0.3, -0.25) is 4.79 Å². The summed E-state index contributed by atoms with van der Waals surface area (Å²) in [6.45, 7) is 0.129. The van der Waals surface area contributed by atoms with Gasteiger partial charge in [0.05, 0.1) is 0 Å². The number of aldehydes is 1. The zero-order chi connectivity index (χ0) is 9.94. The molecule has 1 rings (SSSR count). The largest absolute Gasteiger partial charge is 0.486 e. The summed E-state index contributed by atoms with van der Waals surface area (Å²) < 4.78 is 9.24. The lowest BCUT2D eigenvalue weighted by molar-refractivity contribution is -0.109. The maximum absolute atomic E-state index is 9.85. The average Bonchev–Trinajstić information content (AvgIpc) is 2.18. The van der Waals surface area contributed by atoms with E-state index < -0.39 is 0 Å². The molecule has 0 fully saturated rings. The number of methoxy groups -OCH3 is 1. The molecule has 0 aliphatic rings. The molecule has 0 saturated heterocycles. The van der Waals surface area contributed by atoms with Crippen molar-refractivity contribution in [3.8, 4) is 5.75 Å². The zero-order valence-corrected chi connectivity index (χ0v) is 7.90. The molecule has 0 unspecified atom stereocenters. The van der Waals surface area contributed by atoms with Crippen LogP contribution in [0, 0.1) is 0 Å². The highest BCUT2D eigenvalue weighted by molar-refractivity contribution is 5.51. The van der Waals surface area contributed by atoms with Crippen molar-refractivity contribution in [1.82, 2.24) is 0 Å². The third-order valence-corrected chi connectivity index (χ3v) is 1.06. The second kappa shape index (κ2) is 8.74. The number of carbonyl (C=O) groups is 1. The Kier molecular flexibility index (Phi) is 7.84. The molecule has 0 amide bonds. The van der Waals surface area contributed by atoms with Crippen molar-refractivity contribution in [2.75, 3.05) is 20.8 Å². The number of benzene rings is 1. The summed E-state index contributed by atoms with van der Waals surface area (Å²) in [5.41, 5.74) is 0. The Morgan fingerprint density at radius 2 is 1.77 bits per heavy atom. The Bertz CT molecular complexity index is 209. The summed E-state index contributed by atoms with van der Waals surface area (Å²) in [6, 6.07) is 9.24. The lowest BCUT2D eigenvalue weighted by atomic mass is 10.3. The molecular formula is C10H14O3. The molecule has 1 aromatic rings. The van der Waals surface area contributed by atoms with E-state index in [1.165, 1.54) is 0 Å². The summed E-state index contributed by atoms with van der Waals surface area (Å²) >= 11 is 0. The first-order valence-electron chi connectivity index (χ1n) is 3.86. The second-order valence-electron chi connectivity index (χ2n) is 2.20. The molecular weight excluding hydrogens is 168 g/mol. The lowest BCUT2D eigenvalue weighted by Gasteiger charge is -1.98. The van der Waals surface area contributed by atoms with Gasteiger partial charge >= 0.3 is 0 Å². The van der Waals surface area contributed by atoms with Crippen LogP contribution in [0.3, 0.4) is 0 Å². The monoisotopic (exact) mass is 182 g/mol. The SMILES string of the molecule is COC.O=CCOc1ccccc1. The van der Waals surface area contributed by atoms with Crippen molar-refractivity contribution in [3.63, 3.8) is 0 Å². The first kappa shape index (κ1) is 11.6. The van der Waals surface area contributed by atoms with E-state index in [9.17, 15) is 4.79 Å². The number of carbonyl (C=O) groups excluding carboxylic acids is 1. The minimum atomic E-state index is 0.129. The van der Waals surface area contributed by atoms with Crippen LogP contribution in [0.2, 0.25) is 0 Å². The molecule has 13 heavy (non-hydrogen) atoms. The highest BCUT2D eigenvalue weighted by Crippen LogP contribution is 2.06. The minimum Gasteiger partial charge on any atom is -0.486 e. The molecule has 1 aromatic carbocycles. The van der Waals surface area contributed by atoms with E-state index >= 15 is 0 Å². The molecule has 3 heteroatoms. The van der Waals surface area contributed by atoms with Crippen LogP contribution >= 0.6 is 0 Å². The smallest absolute Gasteiger partial charge is 0.157 e. The summed E-state index contributed by atoms with van der Waals surface area (Å²) in [7, 11) is 3.25. The van der Waals surface area contributed by atoms with Gasteiger partial charge in [-0.15, -0.1) is 0 Å². The number of hydrogen-bond acceptors (Lipinski definition) is 3. The van der Waals surface area contributed by atoms with Crippen molar-refractivity contribution in [2.45, 2.75) is 0 Å². The van der Waals surface area contributed by atoms with Crippen LogP contribution in [0.5, 0.6) is 5.75 Å². The summed E-state index contributed by atoms with van der Waals surface area (Å²) in [5.74, 6) is 0.731. The first-order valence-corrected chi connectivity index (χ1v) is 3.86. The molecule has 72 valence electrons. The molecule has 0 aliphatic carbocycles. The zero-order valence-electron chi connectivity index (χ0n) is 7.90. The van der Waals surface area contributed by atoms with Crippen molar-refractivity contribution >= 4 is 6.29 Å². The molecule has 0 heterocycles. The predicted molar refractivity (Wildman–Crippen MR) is 50.9 cm³/mol. The van der Waals surface area contributed by atoms with Gasteiger partial charge in [-0.2, -0.15) is 0 Å². The van der Waals surface area contributed by atoms with Crippen LogP contribution in [0.15, 0.2) is 30.3 Å². The van der Waals surface area contributed by atoms with Gasteiger partial charge in [0.2, 0.25) is 0 Å². The van der Waals surface area contributed by atoms with E-state index in [1.807, 2.05) is 30.3 Å². The van der Waals surface area contributed by atoms with Gasteiger partial charge in [-0.05, 0) is 12.1 Å². The Balaban J connectivity index is 0.000000424. The third kappa shape index (κ3) is 7.03. The molecule has 0 aliphatic heterocycles. The predicted octanol–water partition coefficient (Wildman–Crippen LogP) is 1.53. The van der Waals surface area contributed by atoms with Gasteiger partial charge in [-0.1, -0.05) is 18.2 Å². The van der Waals surface area contributed by atoms with Crippen LogP contribution in [-0.4, -0.2) is 27.1 Å². The Morgan fingerprint density at radius 3 is 2.23 bits per heavy atom. The van der Waals surface area contributed by atoms with E-state index in [0.717, 1.165) is 12.0 Å². The van der Waals surface area contributed by atoms with Crippen molar-refractivity contribution < 1.29 is 14.3 Å². The molecule has 0 aromatic heterocycles. The van der Waals surface area contributed by atoms with E-state index in [4.69, 9.17) is 4.74 Å². The lowest BCUT2D eigenvalue weighted by Crippen LogP contribution is -1.96. The Labute approximate surface area is 78.3 Å². The van der Waals surface area contributed by atoms with E-state index in [2.05, 4.69) is 4.74 Å². The van der Waals surface area contributed by atoms with Crippen LogP contribution in [0.4, 0.5) is 0 Å². The fourth-order valence-electron chi connectivity index (χ4n) is 0.647. The highest BCUT2D eigenvalue weighted by atomic mass is 16.5. The van der Waals surface area contributed by atoms with Crippen LogP contribution in [0.25, 0.3) is 0 Å². The van der Waals surface area contributed by atoms with E-state index in [-0.39, 0.29) is 6.61 Å². The molecule has 0 saturated carbocycles. The number of ether oxygens (including phenoxy) is 2. The minimum absolute atomic E-state index is 0.129. The van der Waals surface area contributed by atoms with Crippen LogP contribution < -0.4 is 4.74 Å². The summed E-state index contributed by atoms with van der Waals surface area (Å²) in [6.07, 6.45) is 0.729. The maximum Gasteiger partial charge on any atom is 0.157 e. The Morgan fingerprint density at radius 1 is 1.23 bits per heavy atom.